The number of carbonyl (C=O) groups excluding carboxylic acids is 1. The van der Waals surface area contributed by atoms with Crippen LogP contribution in [0.3, 0.4) is 0 Å². The predicted molar refractivity (Wildman–Crippen MR) is 88.9 cm³/mol. The Labute approximate surface area is 133 Å². The van der Waals surface area contributed by atoms with Gasteiger partial charge in [0.1, 0.15) is 0 Å². The van der Waals surface area contributed by atoms with Crippen LogP contribution in [0.2, 0.25) is 0 Å². The molecular weight excluding hydrogens is 270 g/mol. The summed E-state index contributed by atoms with van der Waals surface area (Å²) in [6.45, 7) is 5.00. The molecular formula is C20H27NO. The van der Waals surface area contributed by atoms with Crippen LogP contribution in [0, 0.1) is 37.0 Å². The van der Waals surface area contributed by atoms with E-state index in [9.17, 15) is 4.79 Å². The molecule has 0 aromatic heterocycles. The number of rotatable bonds is 3. The monoisotopic (exact) mass is 297 g/mol. The van der Waals surface area contributed by atoms with E-state index < -0.39 is 0 Å². The van der Waals surface area contributed by atoms with Gasteiger partial charge in [0.05, 0.1) is 0 Å². The van der Waals surface area contributed by atoms with E-state index in [0.29, 0.717) is 5.41 Å². The Bertz CT molecular complexity index is 568. The summed E-state index contributed by atoms with van der Waals surface area (Å²) in [5.74, 6) is 2.96. The number of amides is 1. The summed E-state index contributed by atoms with van der Waals surface area (Å²) in [7, 11) is 0. The van der Waals surface area contributed by atoms with E-state index in [-0.39, 0.29) is 5.91 Å². The van der Waals surface area contributed by atoms with E-state index >= 15 is 0 Å². The lowest BCUT2D eigenvalue weighted by Crippen LogP contribution is -2.51. The highest BCUT2D eigenvalue weighted by Crippen LogP contribution is 2.59. The second-order valence-corrected chi connectivity index (χ2v) is 8.42. The van der Waals surface area contributed by atoms with Crippen LogP contribution < -0.4 is 5.32 Å². The zero-order valence-electron chi connectivity index (χ0n) is 13.8. The molecule has 22 heavy (non-hydrogen) atoms. The fourth-order valence-corrected chi connectivity index (χ4v) is 5.94. The molecule has 4 aliphatic rings. The number of aryl methyl sites for hydroxylation is 2. The van der Waals surface area contributed by atoms with Crippen LogP contribution >= 0.6 is 0 Å². The molecule has 4 saturated carbocycles. The molecule has 0 heterocycles. The van der Waals surface area contributed by atoms with Gasteiger partial charge in [-0.1, -0.05) is 17.7 Å². The molecule has 0 saturated heterocycles. The third-order valence-electron chi connectivity index (χ3n) is 6.42. The Kier molecular flexibility index (Phi) is 3.32. The SMILES string of the molecule is Cc1ccc(C(=O)NCC23CC4CC(CC(C4)C2)C3)c(C)c1. The molecule has 0 atom stereocenters. The Morgan fingerprint density at radius 2 is 1.68 bits per heavy atom. The second kappa shape index (κ2) is 5.11. The van der Waals surface area contributed by atoms with Crippen molar-refractivity contribution in [3.8, 4) is 0 Å². The summed E-state index contributed by atoms with van der Waals surface area (Å²) in [5.41, 5.74) is 3.57. The zero-order valence-corrected chi connectivity index (χ0v) is 13.8. The van der Waals surface area contributed by atoms with Gasteiger partial charge in [0.15, 0.2) is 0 Å². The maximum Gasteiger partial charge on any atom is 0.251 e. The third-order valence-corrected chi connectivity index (χ3v) is 6.42. The van der Waals surface area contributed by atoms with Gasteiger partial charge in [-0.3, -0.25) is 4.79 Å². The van der Waals surface area contributed by atoms with Crippen LogP contribution in [0.4, 0.5) is 0 Å². The first kappa shape index (κ1) is 14.3. The van der Waals surface area contributed by atoms with E-state index in [2.05, 4.69) is 18.3 Å². The van der Waals surface area contributed by atoms with Crippen LogP contribution in [0.5, 0.6) is 0 Å². The molecule has 2 heteroatoms. The van der Waals surface area contributed by atoms with Crippen molar-refractivity contribution in [3.63, 3.8) is 0 Å². The molecule has 1 aromatic carbocycles. The lowest BCUT2D eigenvalue weighted by molar-refractivity contribution is -0.0503. The number of nitrogens with one attached hydrogen (secondary N) is 1. The third kappa shape index (κ3) is 2.47. The van der Waals surface area contributed by atoms with Gasteiger partial charge < -0.3 is 5.32 Å². The number of carbonyl (C=O) groups is 1. The minimum atomic E-state index is 0.119. The summed E-state index contributed by atoms with van der Waals surface area (Å²) < 4.78 is 0. The lowest BCUT2D eigenvalue weighted by Gasteiger charge is -2.56. The quantitative estimate of drug-likeness (QED) is 0.888. The highest BCUT2D eigenvalue weighted by atomic mass is 16.1. The van der Waals surface area contributed by atoms with Gasteiger partial charge in [-0.15, -0.1) is 0 Å². The minimum absolute atomic E-state index is 0.119. The molecule has 1 amide bonds. The van der Waals surface area contributed by atoms with E-state index in [0.717, 1.165) is 35.4 Å². The lowest BCUT2D eigenvalue weighted by atomic mass is 9.49. The first-order valence-corrected chi connectivity index (χ1v) is 8.88. The molecule has 4 aliphatic carbocycles. The summed E-state index contributed by atoms with van der Waals surface area (Å²) in [4.78, 5) is 12.6. The topological polar surface area (TPSA) is 29.1 Å². The molecule has 0 aliphatic heterocycles. The smallest absolute Gasteiger partial charge is 0.251 e. The predicted octanol–water partition coefficient (Wildman–Crippen LogP) is 4.25. The van der Waals surface area contributed by atoms with Crippen LogP contribution in [-0.2, 0) is 0 Å². The molecule has 1 aromatic rings. The van der Waals surface area contributed by atoms with E-state index in [4.69, 9.17) is 0 Å². The summed E-state index contributed by atoms with van der Waals surface area (Å²) in [6.07, 6.45) is 8.45. The summed E-state index contributed by atoms with van der Waals surface area (Å²) >= 11 is 0. The van der Waals surface area contributed by atoms with Gasteiger partial charge in [-0.2, -0.15) is 0 Å². The van der Waals surface area contributed by atoms with Crippen molar-refractivity contribution in [1.29, 1.82) is 0 Å². The highest BCUT2D eigenvalue weighted by Gasteiger charge is 2.50. The van der Waals surface area contributed by atoms with Crippen LogP contribution in [-0.4, -0.2) is 12.5 Å². The van der Waals surface area contributed by atoms with Crippen molar-refractivity contribution >= 4 is 5.91 Å². The number of hydrogen-bond donors (Lipinski definition) is 1. The van der Waals surface area contributed by atoms with Gasteiger partial charge >= 0.3 is 0 Å². The largest absolute Gasteiger partial charge is 0.351 e. The standard InChI is InChI=1S/C20H27NO/c1-13-3-4-18(14(2)5-13)19(22)21-12-20-9-15-6-16(10-20)8-17(7-15)11-20/h3-5,15-17H,6-12H2,1-2H3,(H,21,22). The molecule has 0 radical (unpaired) electrons. The number of hydrogen-bond acceptors (Lipinski definition) is 1. The zero-order chi connectivity index (χ0) is 15.3. The molecule has 4 fully saturated rings. The van der Waals surface area contributed by atoms with Gasteiger partial charge in [-0.25, -0.2) is 0 Å². The van der Waals surface area contributed by atoms with Gasteiger partial charge in [0.25, 0.3) is 5.91 Å². The van der Waals surface area contributed by atoms with Crippen molar-refractivity contribution in [3.05, 3.63) is 34.9 Å². The Hall–Kier alpha value is -1.31. The van der Waals surface area contributed by atoms with Crippen molar-refractivity contribution in [2.45, 2.75) is 52.4 Å². The van der Waals surface area contributed by atoms with E-state index in [1.54, 1.807) is 0 Å². The average Bonchev–Trinajstić information content (AvgIpc) is 2.43. The Morgan fingerprint density at radius 1 is 1.09 bits per heavy atom. The molecule has 1 N–H and O–H groups in total. The van der Waals surface area contributed by atoms with E-state index in [1.807, 2.05) is 19.1 Å². The summed E-state index contributed by atoms with van der Waals surface area (Å²) in [6, 6.07) is 6.10. The molecule has 0 unspecified atom stereocenters. The molecule has 0 spiro atoms. The van der Waals surface area contributed by atoms with Gasteiger partial charge in [0, 0.05) is 12.1 Å². The second-order valence-electron chi connectivity index (χ2n) is 8.42. The van der Waals surface area contributed by atoms with E-state index in [1.165, 1.54) is 44.1 Å². The van der Waals surface area contributed by atoms with Crippen molar-refractivity contribution in [1.82, 2.24) is 5.32 Å². The minimum Gasteiger partial charge on any atom is -0.351 e. The maximum atomic E-state index is 12.6. The van der Waals surface area contributed by atoms with Crippen molar-refractivity contribution < 1.29 is 4.79 Å². The first-order chi connectivity index (χ1) is 10.5. The van der Waals surface area contributed by atoms with Crippen molar-refractivity contribution in [2.24, 2.45) is 23.2 Å². The molecule has 118 valence electrons. The Balaban J connectivity index is 1.45. The van der Waals surface area contributed by atoms with Gasteiger partial charge in [0.2, 0.25) is 0 Å². The first-order valence-electron chi connectivity index (χ1n) is 8.88. The van der Waals surface area contributed by atoms with Crippen LogP contribution in [0.25, 0.3) is 0 Å². The normalized spacial score (nSPS) is 35.6. The van der Waals surface area contributed by atoms with Crippen molar-refractivity contribution in [2.75, 3.05) is 6.54 Å². The average molecular weight is 297 g/mol. The highest BCUT2D eigenvalue weighted by molar-refractivity contribution is 5.95. The summed E-state index contributed by atoms with van der Waals surface area (Å²) in [5, 5.41) is 3.28. The van der Waals surface area contributed by atoms with Gasteiger partial charge in [-0.05, 0) is 87.2 Å². The Morgan fingerprint density at radius 3 is 2.23 bits per heavy atom. The molecule has 4 bridgehead atoms. The van der Waals surface area contributed by atoms with Crippen LogP contribution in [0.15, 0.2) is 18.2 Å². The fraction of sp³-hybridized carbons (Fsp3) is 0.650. The fourth-order valence-electron chi connectivity index (χ4n) is 5.94. The number of benzene rings is 1. The maximum absolute atomic E-state index is 12.6. The molecule has 5 rings (SSSR count). The molecule has 2 nitrogen and oxygen atoms in total. The van der Waals surface area contributed by atoms with Crippen LogP contribution in [0.1, 0.15) is 60.0 Å².